The predicted octanol–water partition coefficient (Wildman–Crippen LogP) is 1.89. The van der Waals surface area contributed by atoms with E-state index in [2.05, 4.69) is 25.5 Å². The van der Waals surface area contributed by atoms with Gasteiger partial charge in [-0.1, -0.05) is 15.9 Å². The molecule has 1 aromatic rings. The number of alkyl halides is 1. The third kappa shape index (κ3) is 2.01. The zero-order chi connectivity index (χ0) is 12.0. The lowest BCUT2D eigenvalue weighted by atomic mass is 10.1. The molecule has 1 aliphatic carbocycles. The van der Waals surface area contributed by atoms with Crippen molar-refractivity contribution in [1.82, 2.24) is 14.5 Å². The summed E-state index contributed by atoms with van der Waals surface area (Å²) in [7, 11) is 0. The van der Waals surface area contributed by atoms with E-state index in [0.717, 1.165) is 18.7 Å². The highest BCUT2D eigenvalue weighted by atomic mass is 79.9. The molecule has 4 nitrogen and oxygen atoms in total. The van der Waals surface area contributed by atoms with Crippen molar-refractivity contribution in [2.24, 2.45) is 0 Å². The summed E-state index contributed by atoms with van der Waals surface area (Å²) < 4.78 is 2.31. The molecule has 92 valence electrons. The Labute approximate surface area is 109 Å². The summed E-state index contributed by atoms with van der Waals surface area (Å²) in [6.07, 6.45) is 5.46. The minimum Gasteiger partial charge on any atom is -0.335 e. The van der Waals surface area contributed by atoms with Gasteiger partial charge in [0.25, 0.3) is 0 Å². The van der Waals surface area contributed by atoms with Gasteiger partial charge in [0, 0.05) is 24.7 Å². The summed E-state index contributed by atoms with van der Waals surface area (Å²) in [4.78, 5) is 18.2. The average molecular weight is 298 g/mol. The smallest absolute Gasteiger partial charge is 0.236 e. The van der Waals surface area contributed by atoms with E-state index in [-0.39, 0.29) is 10.7 Å². The van der Waals surface area contributed by atoms with E-state index in [0.29, 0.717) is 12.6 Å². The summed E-state index contributed by atoms with van der Waals surface area (Å²) in [6, 6.07) is 0.684. The number of rotatable bonds is 2. The average Bonchev–Trinajstić information content (AvgIpc) is 3.07. The Kier molecular flexibility index (Phi) is 2.73. The van der Waals surface area contributed by atoms with E-state index in [1.807, 2.05) is 18.2 Å². The van der Waals surface area contributed by atoms with Crippen molar-refractivity contribution in [3.63, 3.8) is 0 Å². The highest BCUT2D eigenvalue weighted by Gasteiger charge is 2.31. The highest BCUT2D eigenvalue weighted by Crippen LogP contribution is 2.37. The zero-order valence-corrected chi connectivity index (χ0v) is 11.5. The van der Waals surface area contributed by atoms with Gasteiger partial charge in [-0.05, 0) is 19.8 Å². The van der Waals surface area contributed by atoms with E-state index >= 15 is 0 Å². The molecule has 1 amide bonds. The van der Waals surface area contributed by atoms with Gasteiger partial charge in [-0.15, -0.1) is 0 Å². The molecule has 0 radical (unpaired) electrons. The summed E-state index contributed by atoms with van der Waals surface area (Å²) in [5.74, 6) is 0.164. The third-order valence-corrected chi connectivity index (χ3v) is 3.93. The first-order valence-electron chi connectivity index (χ1n) is 6.14. The Balaban J connectivity index is 1.79. The van der Waals surface area contributed by atoms with Crippen LogP contribution in [0.2, 0.25) is 0 Å². The van der Waals surface area contributed by atoms with E-state index in [4.69, 9.17) is 0 Å². The summed E-state index contributed by atoms with van der Waals surface area (Å²) in [5, 5.41) is 0. The van der Waals surface area contributed by atoms with Crippen LogP contribution in [-0.4, -0.2) is 31.7 Å². The second-order valence-electron chi connectivity index (χ2n) is 4.90. The largest absolute Gasteiger partial charge is 0.335 e. The first-order chi connectivity index (χ1) is 8.16. The van der Waals surface area contributed by atoms with Gasteiger partial charge >= 0.3 is 0 Å². The van der Waals surface area contributed by atoms with Crippen LogP contribution in [0.3, 0.4) is 0 Å². The van der Waals surface area contributed by atoms with Gasteiger partial charge in [0.05, 0.1) is 23.4 Å². The maximum atomic E-state index is 11.9. The van der Waals surface area contributed by atoms with Crippen molar-refractivity contribution in [2.75, 3.05) is 6.54 Å². The first-order valence-corrected chi connectivity index (χ1v) is 7.06. The fraction of sp³-hybridized carbons (Fsp3) is 0.667. The molecule has 0 saturated heterocycles. The molecule has 5 heteroatoms. The minimum atomic E-state index is -0.102. The Morgan fingerprint density at radius 2 is 2.35 bits per heavy atom. The molecule has 1 saturated carbocycles. The number of fused-ring (bicyclic) bond motifs is 1. The monoisotopic (exact) mass is 297 g/mol. The predicted molar refractivity (Wildman–Crippen MR) is 68.0 cm³/mol. The number of hydrogen-bond acceptors (Lipinski definition) is 2. The molecule has 3 rings (SSSR count). The Morgan fingerprint density at radius 3 is 3.00 bits per heavy atom. The van der Waals surface area contributed by atoms with E-state index < -0.39 is 0 Å². The number of carbonyl (C=O) groups is 1. The Bertz CT molecular complexity index is 451. The van der Waals surface area contributed by atoms with Crippen LogP contribution in [-0.2, 0) is 17.8 Å². The third-order valence-electron chi connectivity index (χ3n) is 3.53. The van der Waals surface area contributed by atoms with Crippen molar-refractivity contribution in [1.29, 1.82) is 0 Å². The van der Waals surface area contributed by atoms with Crippen molar-refractivity contribution >= 4 is 21.8 Å². The molecule has 1 atom stereocenters. The number of aromatic nitrogens is 2. The number of amides is 1. The molecule has 17 heavy (non-hydrogen) atoms. The second kappa shape index (κ2) is 4.12. The minimum absolute atomic E-state index is 0.102. The maximum absolute atomic E-state index is 11.9. The maximum Gasteiger partial charge on any atom is 0.236 e. The number of imidazole rings is 1. The topological polar surface area (TPSA) is 38.1 Å². The van der Waals surface area contributed by atoms with Gasteiger partial charge in [-0.3, -0.25) is 4.79 Å². The van der Waals surface area contributed by atoms with Crippen LogP contribution in [0.15, 0.2) is 6.33 Å². The van der Waals surface area contributed by atoms with Gasteiger partial charge in [0.15, 0.2) is 0 Å². The van der Waals surface area contributed by atoms with Gasteiger partial charge in [-0.2, -0.15) is 0 Å². The fourth-order valence-corrected chi connectivity index (χ4v) is 2.73. The van der Waals surface area contributed by atoms with Gasteiger partial charge in [0.1, 0.15) is 0 Å². The first kappa shape index (κ1) is 11.3. The van der Waals surface area contributed by atoms with Crippen LogP contribution in [0.5, 0.6) is 0 Å². The Morgan fingerprint density at radius 1 is 1.59 bits per heavy atom. The SMILES string of the molecule is C[C@H](Br)C(=O)N1CCc2c(ncn2C2CC2)C1. The van der Waals surface area contributed by atoms with Crippen molar-refractivity contribution < 1.29 is 4.79 Å². The number of nitrogens with zero attached hydrogens (tertiary/aromatic N) is 3. The van der Waals surface area contributed by atoms with Crippen LogP contribution in [0.25, 0.3) is 0 Å². The molecular formula is C12H16BrN3O. The summed E-state index contributed by atoms with van der Waals surface area (Å²) in [5.41, 5.74) is 2.43. The van der Waals surface area contributed by atoms with Gasteiger partial charge in [0.2, 0.25) is 5.91 Å². The quantitative estimate of drug-likeness (QED) is 0.782. The van der Waals surface area contributed by atoms with Crippen LogP contribution >= 0.6 is 15.9 Å². The summed E-state index contributed by atoms with van der Waals surface area (Å²) in [6.45, 7) is 3.37. The van der Waals surface area contributed by atoms with Crippen LogP contribution in [0.1, 0.15) is 37.2 Å². The summed E-state index contributed by atoms with van der Waals surface area (Å²) >= 11 is 3.34. The number of halogens is 1. The molecular weight excluding hydrogens is 282 g/mol. The molecule has 0 bridgehead atoms. The normalized spacial score (nSPS) is 21.2. The van der Waals surface area contributed by atoms with Crippen LogP contribution in [0, 0.1) is 0 Å². The standard InChI is InChI=1S/C12H16BrN3O/c1-8(13)12(17)15-5-4-11-10(6-15)14-7-16(11)9-2-3-9/h7-9H,2-6H2,1H3/t8-/m0/s1. The van der Waals surface area contributed by atoms with Crippen molar-refractivity contribution in [2.45, 2.75) is 43.6 Å². The molecule has 0 spiro atoms. The van der Waals surface area contributed by atoms with E-state index in [9.17, 15) is 4.79 Å². The zero-order valence-electron chi connectivity index (χ0n) is 9.90. The molecule has 2 aliphatic rings. The van der Waals surface area contributed by atoms with Crippen molar-refractivity contribution in [3.05, 3.63) is 17.7 Å². The molecule has 0 N–H and O–H groups in total. The van der Waals surface area contributed by atoms with Crippen molar-refractivity contribution in [3.8, 4) is 0 Å². The lowest BCUT2D eigenvalue weighted by Gasteiger charge is -2.28. The van der Waals surface area contributed by atoms with Crippen LogP contribution in [0.4, 0.5) is 0 Å². The van der Waals surface area contributed by atoms with Crippen LogP contribution < -0.4 is 0 Å². The number of carbonyl (C=O) groups excluding carboxylic acids is 1. The second-order valence-corrected chi connectivity index (χ2v) is 6.28. The number of hydrogen-bond donors (Lipinski definition) is 0. The van der Waals surface area contributed by atoms with E-state index in [1.165, 1.54) is 18.5 Å². The lowest BCUT2D eigenvalue weighted by molar-refractivity contribution is -0.131. The van der Waals surface area contributed by atoms with Gasteiger partial charge < -0.3 is 9.47 Å². The molecule has 2 heterocycles. The Hall–Kier alpha value is -0.840. The highest BCUT2D eigenvalue weighted by molar-refractivity contribution is 9.10. The lowest BCUT2D eigenvalue weighted by Crippen LogP contribution is -2.39. The fourth-order valence-electron chi connectivity index (χ4n) is 2.44. The molecule has 1 fully saturated rings. The molecule has 0 aromatic carbocycles. The van der Waals surface area contributed by atoms with Gasteiger partial charge in [-0.25, -0.2) is 4.98 Å². The molecule has 1 aliphatic heterocycles. The molecule has 1 aromatic heterocycles. The molecule has 0 unspecified atom stereocenters. The van der Waals surface area contributed by atoms with E-state index in [1.54, 1.807) is 0 Å².